The van der Waals surface area contributed by atoms with Crippen LogP contribution in [0.5, 0.6) is 0 Å². The maximum atomic E-state index is 5.13. The zero-order valence-electron chi connectivity index (χ0n) is 73.8. The van der Waals surface area contributed by atoms with Gasteiger partial charge in [0.25, 0.3) is 0 Å². The third kappa shape index (κ3) is 15.2. The summed E-state index contributed by atoms with van der Waals surface area (Å²) in [6.45, 7) is 0. The second-order valence-electron chi connectivity index (χ2n) is 36.4. The molecule has 6 aliphatic rings. The van der Waals surface area contributed by atoms with Crippen molar-refractivity contribution in [1.29, 1.82) is 0 Å². The van der Waals surface area contributed by atoms with Crippen LogP contribution in [0.1, 0.15) is 130 Å². The second kappa shape index (κ2) is 35.2. The minimum atomic E-state index is 0.176. The van der Waals surface area contributed by atoms with Gasteiger partial charge in [-0.05, 0) is 282 Å². The van der Waals surface area contributed by atoms with E-state index in [1.165, 1.54) is 202 Å². The first-order valence-electron chi connectivity index (χ1n) is 47.0. The number of fused-ring (bicyclic) bond motifs is 15. The fraction of sp³-hybridized carbons (Fsp3) is 0.146. The van der Waals surface area contributed by atoms with Crippen LogP contribution < -0.4 is 0 Å². The first-order valence-corrected chi connectivity index (χ1v) is 47.0. The van der Waals surface area contributed by atoms with Gasteiger partial charge in [-0.15, -0.1) is 0 Å². The first-order chi connectivity index (χ1) is 65.3. The molecule has 132 heavy (non-hydrogen) atoms. The average molecular weight is 1700 g/mol. The Kier molecular flexibility index (Phi) is 21.6. The molecule has 0 saturated heterocycles. The molecule has 634 valence electrons. The van der Waals surface area contributed by atoms with Gasteiger partial charge in [-0.25, -0.2) is 15.0 Å². The van der Waals surface area contributed by atoms with Gasteiger partial charge in [0.15, 0.2) is 0 Å². The molecule has 0 aliphatic heterocycles. The van der Waals surface area contributed by atoms with E-state index >= 15 is 0 Å². The molecule has 0 radical (unpaired) electrons. The number of pyridine rings is 9. The molecule has 6 aliphatic carbocycles. The maximum Gasteiger partial charge on any atom is 0.0731 e. The molecular weight excluding hydrogens is 1600 g/mol. The van der Waals surface area contributed by atoms with Crippen molar-refractivity contribution in [3.05, 3.63) is 441 Å². The van der Waals surface area contributed by atoms with Crippen LogP contribution in [0.2, 0.25) is 0 Å². The highest BCUT2D eigenvalue weighted by atomic mass is 14.8. The van der Waals surface area contributed by atoms with Crippen LogP contribution in [0.3, 0.4) is 0 Å². The molecule has 25 rings (SSSR count). The summed E-state index contributed by atoms with van der Waals surface area (Å²) in [6, 6.07) is 121. The van der Waals surface area contributed by atoms with Gasteiger partial charge < -0.3 is 0 Å². The lowest BCUT2D eigenvalue weighted by Crippen LogP contribution is -2.27. The largest absolute Gasteiger partial charge is 0.265 e. The summed E-state index contributed by atoms with van der Waals surface area (Å²) in [6.07, 6.45) is 41.6. The quantitative estimate of drug-likeness (QED) is 0.111. The molecule has 9 heteroatoms. The van der Waals surface area contributed by atoms with Crippen LogP contribution in [0.25, 0.3) is 179 Å². The zero-order chi connectivity index (χ0) is 87.8. The van der Waals surface area contributed by atoms with Crippen molar-refractivity contribution in [2.24, 2.45) is 0 Å². The second-order valence-corrected chi connectivity index (χ2v) is 36.4. The highest BCUT2D eigenvalue weighted by Crippen LogP contribution is 2.60. The van der Waals surface area contributed by atoms with E-state index in [9.17, 15) is 0 Å². The topological polar surface area (TPSA) is 116 Å². The Morgan fingerprint density at radius 1 is 0.144 bits per heavy atom. The van der Waals surface area contributed by atoms with E-state index in [0.29, 0.717) is 0 Å². The summed E-state index contributed by atoms with van der Waals surface area (Å²) in [5.74, 6) is 0. The van der Waals surface area contributed by atoms with Crippen molar-refractivity contribution >= 4 is 0 Å². The Hall–Kier alpha value is -15.5. The highest BCUT2D eigenvalue weighted by molar-refractivity contribution is 5.92. The average Bonchev–Trinajstić information content (AvgIpc) is 1.57. The van der Waals surface area contributed by atoms with Crippen molar-refractivity contribution in [1.82, 2.24) is 44.9 Å². The molecule has 9 heterocycles. The molecule has 9 nitrogen and oxygen atoms in total. The van der Waals surface area contributed by atoms with Crippen molar-refractivity contribution in [2.75, 3.05) is 0 Å². The van der Waals surface area contributed by atoms with E-state index in [2.05, 4.69) is 315 Å². The molecule has 0 N–H and O–H groups in total. The van der Waals surface area contributed by atoms with Gasteiger partial charge in [0.05, 0.1) is 34.2 Å². The molecule has 0 amide bonds. The number of benzene rings is 10. The van der Waals surface area contributed by atoms with E-state index in [1.807, 2.05) is 98.1 Å². The molecule has 10 aromatic carbocycles. The van der Waals surface area contributed by atoms with E-state index in [0.717, 1.165) is 101 Å². The van der Waals surface area contributed by atoms with Crippen molar-refractivity contribution in [2.45, 2.75) is 113 Å². The van der Waals surface area contributed by atoms with Gasteiger partial charge in [0.1, 0.15) is 0 Å². The molecular formula is C123H97N9. The summed E-state index contributed by atoms with van der Waals surface area (Å²) in [4.78, 5) is 41.2. The Morgan fingerprint density at radius 3 is 0.811 bits per heavy atom. The number of aromatic nitrogens is 9. The number of nitrogens with zero attached hydrogens (tertiary/aromatic N) is 9. The third-order valence-corrected chi connectivity index (χ3v) is 29.1. The van der Waals surface area contributed by atoms with Crippen LogP contribution >= 0.6 is 0 Å². The summed E-state index contributed by atoms with van der Waals surface area (Å²) in [5.41, 5.74) is 46.4. The fourth-order valence-electron chi connectivity index (χ4n) is 22.6. The van der Waals surface area contributed by atoms with E-state index in [4.69, 9.17) is 15.0 Å². The molecule has 3 fully saturated rings. The van der Waals surface area contributed by atoms with Crippen LogP contribution in [-0.2, 0) is 16.2 Å². The summed E-state index contributed by atoms with van der Waals surface area (Å²) < 4.78 is 0. The lowest BCUT2D eigenvalue weighted by atomic mass is 9.68. The Bertz CT molecular complexity index is 7320. The highest BCUT2D eigenvalue weighted by Gasteiger charge is 2.47. The minimum Gasteiger partial charge on any atom is -0.265 e. The van der Waals surface area contributed by atoms with Gasteiger partial charge in [-0.1, -0.05) is 276 Å². The summed E-state index contributed by atoms with van der Waals surface area (Å²) in [5, 5.41) is 0. The van der Waals surface area contributed by atoms with Crippen molar-refractivity contribution in [3.63, 3.8) is 0 Å². The molecule has 19 aromatic rings. The lowest BCUT2D eigenvalue weighted by molar-refractivity contribution is 0.353. The third-order valence-electron chi connectivity index (χ3n) is 29.1. The fourth-order valence-corrected chi connectivity index (χ4v) is 22.6. The van der Waals surface area contributed by atoms with Crippen molar-refractivity contribution in [3.8, 4) is 179 Å². The summed E-state index contributed by atoms with van der Waals surface area (Å²) >= 11 is 0. The standard InChI is InChI=1S/C45H35N3.2C39H31N3/c1-4-22-45(23-5-1)41-11-3-2-10-39(41)40-26-35(20-21-42(40)45)33-14-12-31(13-15-33)32-16-18-34(19-17-32)43-27-38(36-8-6-24-46-29-36)28-44(48-43)37-9-7-25-47-30-37;1-4-19-39(20-5-1)35-10-3-2-9-32(35)33-24-29(14-16-36(33)39)28-13-15-31(30-8-7-21-41-26-30)34(25-28)38-12-6-11-37(42-38)27-17-22-40-23-18-27;1-4-18-39(19-5-1)35-11-3-2-10-33(35)34-22-29(16-17-36(34)39)27-12-14-28(15-13-27)37-23-32(30-8-6-20-40-25-30)24-38(42-37)31-9-7-21-41-26-31/h2-3,6-21,24-30H,1,4-5,22-23H2;2-3,6-18,21-26H,1,4-5,19-20H2;2-3,6-17,20-26H,1,4-5,18-19H2. The number of rotatable bonds is 13. The van der Waals surface area contributed by atoms with Crippen LogP contribution in [0, 0.1) is 0 Å². The SMILES string of the molecule is c1cncc(-c2cc(-c3ccc(-c4ccc(-c5ccc6c(c5)-c5ccccc5C65CCCCC5)cc4)cc3)nc(-c3cccnc3)c2)c1.c1cncc(-c2cc(-c3ccc(-c4ccc5c(c4)-c4ccccc4C54CCCCC4)cc3)nc(-c3cccnc3)c2)c1.c1cncc(-c2ccc(-c3ccc4c(c3)-c3ccccc3C43CCCCC3)cc2-c2cccc(-c3ccncc3)n2)c1. The minimum absolute atomic E-state index is 0.176. The van der Waals surface area contributed by atoms with Gasteiger partial charge >= 0.3 is 0 Å². The Labute approximate surface area is 772 Å². The van der Waals surface area contributed by atoms with Gasteiger partial charge in [-0.2, -0.15) is 0 Å². The molecule has 3 spiro atoms. The van der Waals surface area contributed by atoms with Crippen molar-refractivity contribution < 1.29 is 0 Å². The molecule has 9 aromatic heterocycles. The smallest absolute Gasteiger partial charge is 0.0731 e. The predicted octanol–water partition coefficient (Wildman–Crippen LogP) is 31.0. The van der Waals surface area contributed by atoms with Crippen LogP contribution in [0.4, 0.5) is 0 Å². The van der Waals surface area contributed by atoms with E-state index in [-0.39, 0.29) is 16.2 Å². The van der Waals surface area contributed by atoms with Crippen LogP contribution in [0.15, 0.2) is 408 Å². The van der Waals surface area contributed by atoms with Gasteiger partial charge in [-0.3, -0.25) is 29.9 Å². The zero-order valence-corrected chi connectivity index (χ0v) is 73.8. The van der Waals surface area contributed by atoms with E-state index < -0.39 is 0 Å². The normalized spacial score (nSPS) is 14.7. The molecule has 3 saturated carbocycles. The van der Waals surface area contributed by atoms with E-state index in [1.54, 1.807) is 30.4 Å². The number of hydrogen-bond acceptors (Lipinski definition) is 9. The number of hydrogen-bond donors (Lipinski definition) is 0. The summed E-state index contributed by atoms with van der Waals surface area (Å²) in [7, 11) is 0. The maximum absolute atomic E-state index is 5.13. The molecule has 0 atom stereocenters. The van der Waals surface area contributed by atoms with Crippen LogP contribution in [-0.4, -0.2) is 44.9 Å². The molecule has 0 bridgehead atoms. The van der Waals surface area contributed by atoms with Gasteiger partial charge in [0.2, 0.25) is 0 Å². The first kappa shape index (κ1) is 81.1. The van der Waals surface area contributed by atoms with Gasteiger partial charge in [0, 0.05) is 141 Å². The lowest BCUT2D eigenvalue weighted by Gasteiger charge is -2.36. The Morgan fingerprint density at radius 2 is 0.432 bits per heavy atom. The molecule has 0 unspecified atom stereocenters. The predicted molar refractivity (Wildman–Crippen MR) is 538 cm³/mol. The Balaban J connectivity index is 0.000000113. The monoisotopic (exact) mass is 1700 g/mol.